The Hall–Kier alpha value is -7.68. The lowest BCUT2D eigenvalue weighted by Gasteiger charge is -2.26. The van der Waals surface area contributed by atoms with E-state index in [1.54, 1.807) is 0 Å². The fourth-order valence-corrected chi connectivity index (χ4v) is 9.37. The Balaban J connectivity index is 0.904. The molecule has 1 aromatic heterocycles. The van der Waals surface area contributed by atoms with Gasteiger partial charge in [0.15, 0.2) is 0 Å². The summed E-state index contributed by atoms with van der Waals surface area (Å²) in [5.74, 6) is 0. The molecule has 1 aliphatic carbocycles. The molecule has 0 unspecified atom stereocenters. The number of rotatable bonds is 6. The predicted molar refractivity (Wildman–Crippen MR) is 246 cm³/mol. The van der Waals surface area contributed by atoms with Gasteiger partial charge in [0.1, 0.15) is 0 Å². The summed E-state index contributed by atoms with van der Waals surface area (Å²) in [6.07, 6.45) is 0. The number of para-hydroxylation sites is 2. The van der Waals surface area contributed by atoms with E-state index in [0.717, 1.165) is 22.7 Å². The lowest BCUT2D eigenvalue weighted by atomic mass is 9.96. The molecular formula is C56H36N2. The Morgan fingerprint density at radius 3 is 1.66 bits per heavy atom. The van der Waals surface area contributed by atoms with Crippen LogP contribution in [0.1, 0.15) is 0 Å². The molecule has 0 saturated heterocycles. The van der Waals surface area contributed by atoms with Crippen LogP contribution in [-0.4, -0.2) is 4.57 Å². The van der Waals surface area contributed by atoms with E-state index in [2.05, 4.69) is 228 Å². The zero-order valence-electron chi connectivity index (χ0n) is 31.7. The summed E-state index contributed by atoms with van der Waals surface area (Å²) in [5, 5.41) is 7.68. The van der Waals surface area contributed by atoms with Crippen molar-refractivity contribution in [3.05, 3.63) is 218 Å². The number of fused-ring (bicyclic) bond motifs is 7. The van der Waals surface area contributed by atoms with E-state index in [0.29, 0.717) is 0 Å². The highest BCUT2D eigenvalue weighted by atomic mass is 15.1. The normalized spacial score (nSPS) is 11.8. The summed E-state index contributed by atoms with van der Waals surface area (Å²) in [7, 11) is 0. The lowest BCUT2D eigenvalue weighted by Crippen LogP contribution is -2.09. The van der Waals surface area contributed by atoms with E-state index in [-0.39, 0.29) is 0 Å². The van der Waals surface area contributed by atoms with Crippen molar-refractivity contribution < 1.29 is 0 Å². The summed E-state index contributed by atoms with van der Waals surface area (Å²) >= 11 is 0. The van der Waals surface area contributed by atoms with Gasteiger partial charge in [-0.15, -0.1) is 0 Å². The van der Waals surface area contributed by atoms with Gasteiger partial charge >= 0.3 is 0 Å². The van der Waals surface area contributed by atoms with Crippen LogP contribution < -0.4 is 4.90 Å². The van der Waals surface area contributed by atoms with E-state index in [1.165, 1.54) is 87.9 Å². The van der Waals surface area contributed by atoms with Gasteiger partial charge in [0.05, 0.1) is 11.0 Å². The smallest absolute Gasteiger partial charge is 0.0547 e. The number of hydrogen-bond donors (Lipinski definition) is 0. The second kappa shape index (κ2) is 12.9. The molecule has 11 aromatic rings. The third-order valence-electron chi connectivity index (χ3n) is 12.1. The van der Waals surface area contributed by atoms with E-state index in [9.17, 15) is 0 Å². The van der Waals surface area contributed by atoms with Gasteiger partial charge in [-0.3, -0.25) is 0 Å². The molecule has 0 amide bonds. The van der Waals surface area contributed by atoms with Gasteiger partial charge in [0, 0.05) is 33.5 Å². The molecule has 0 atom stereocenters. The monoisotopic (exact) mass is 736 g/mol. The van der Waals surface area contributed by atoms with Gasteiger partial charge in [0.2, 0.25) is 0 Å². The molecule has 0 aliphatic heterocycles. The topological polar surface area (TPSA) is 8.17 Å². The Kier molecular flexibility index (Phi) is 7.26. The number of anilines is 3. The van der Waals surface area contributed by atoms with Crippen molar-refractivity contribution >= 4 is 60.4 Å². The van der Waals surface area contributed by atoms with Crippen LogP contribution in [0.5, 0.6) is 0 Å². The van der Waals surface area contributed by atoms with E-state index >= 15 is 0 Å². The van der Waals surface area contributed by atoms with Crippen LogP contribution in [0.4, 0.5) is 17.1 Å². The first-order valence-corrected chi connectivity index (χ1v) is 20.0. The highest BCUT2D eigenvalue weighted by Crippen LogP contribution is 2.49. The third kappa shape index (κ3) is 5.12. The van der Waals surface area contributed by atoms with Crippen molar-refractivity contribution in [1.82, 2.24) is 4.57 Å². The van der Waals surface area contributed by atoms with E-state index < -0.39 is 0 Å². The molecule has 2 heteroatoms. The summed E-state index contributed by atoms with van der Waals surface area (Å²) < 4.78 is 2.41. The molecule has 10 aromatic carbocycles. The molecule has 12 rings (SSSR count). The summed E-state index contributed by atoms with van der Waals surface area (Å²) in [5.41, 5.74) is 17.0. The highest BCUT2D eigenvalue weighted by molar-refractivity contribution is 6.17. The zero-order valence-corrected chi connectivity index (χ0v) is 31.7. The van der Waals surface area contributed by atoms with Crippen LogP contribution in [0.3, 0.4) is 0 Å². The van der Waals surface area contributed by atoms with Crippen LogP contribution in [0, 0.1) is 0 Å². The van der Waals surface area contributed by atoms with Crippen LogP contribution in [-0.2, 0) is 0 Å². The van der Waals surface area contributed by atoms with Crippen LogP contribution in [0.15, 0.2) is 218 Å². The lowest BCUT2D eigenvalue weighted by molar-refractivity contribution is 1.18. The van der Waals surface area contributed by atoms with Gasteiger partial charge in [-0.25, -0.2) is 0 Å². The maximum atomic E-state index is 2.41. The average Bonchev–Trinajstić information content (AvgIpc) is 3.79. The van der Waals surface area contributed by atoms with Crippen molar-refractivity contribution in [3.63, 3.8) is 0 Å². The first-order chi connectivity index (χ1) is 28.7. The Bertz CT molecular complexity index is 3370. The van der Waals surface area contributed by atoms with Gasteiger partial charge < -0.3 is 9.47 Å². The number of aromatic nitrogens is 1. The van der Waals surface area contributed by atoms with E-state index in [1.807, 2.05) is 0 Å². The average molecular weight is 737 g/mol. The maximum absolute atomic E-state index is 2.41. The first-order valence-electron chi connectivity index (χ1n) is 20.0. The van der Waals surface area contributed by atoms with Crippen LogP contribution in [0.25, 0.3) is 93.5 Å². The summed E-state index contributed by atoms with van der Waals surface area (Å²) in [6.45, 7) is 0. The number of benzene rings is 10. The van der Waals surface area contributed by atoms with Crippen molar-refractivity contribution in [2.45, 2.75) is 0 Å². The fourth-order valence-electron chi connectivity index (χ4n) is 9.37. The molecule has 0 spiro atoms. The molecular weight excluding hydrogens is 701 g/mol. The standard InChI is InChI=1S/C56H36N2/c1-2-16-44(17-3-1)57(46-30-26-38(27-31-46)43-32-42-15-11-22-51-48-19-6-7-20-49(48)53(35-43)56(42)51)45-28-24-37(25-29-45)39-14-10-18-47(33-39)58-54-23-9-8-21-50(54)52-34-40-12-4-5-13-41(40)36-55(52)58/h1-36H. The summed E-state index contributed by atoms with van der Waals surface area (Å²) in [4.78, 5) is 2.34. The minimum atomic E-state index is 1.11. The fraction of sp³-hybridized carbons (Fsp3) is 0. The van der Waals surface area contributed by atoms with Crippen LogP contribution >= 0.6 is 0 Å². The SMILES string of the molecule is c1ccc(N(c2ccc(-c3cccc(-n4c5ccccc5c5cc6ccccc6cc54)c3)cc2)c2ccc(-c3cc4c5c(cccc5c3)-c3ccccc3-4)cc2)cc1. The molecule has 0 radical (unpaired) electrons. The zero-order chi connectivity index (χ0) is 38.2. The molecule has 2 nitrogen and oxygen atoms in total. The molecule has 270 valence electrons. The summed E-state index contributed by atoms with van der Waals surface area (Å²) in [6, 6.07) is 79.9. The predicted octanol–water partition coefficient (Wildman–Crippen LogP) is 15.5. The maximum Gasteiger partial charge on any atom is 0.0547 e. The molecule has 1 heterocycles. The third-order valence-corrected chi connectivity index (χ3v) is 12.1. The highest BCUT2D eigenvalue weighted by Gasteiger charge is 2.22. The molecule has 58 heavy (non-hydrogen) atoms. The van der Waals surface area contributed by atoms with Crippen molar-refractivity contribution in [1.29, 1.82) is 0 Å². The molecule has 1 aliphatic rings. The van der Waals surface area contributed by atoms with Crippen molar-refractivity contribution in [3.8, 4) is 50.2 Å². The quantitative estimate of drug-likeness (QED) is 0.165. The van der Waals surface area contributed by atoms with Gasteiger partial charge in [0.25, 0.3) is 0 Å². The molecule has 0 saturated carbocycles. The van der Waals surface area contributed by atoms with Crippen molar-refractivity contribution in [2.75, 3.05) is 4.90 Å². The van der Waals surface area contributed by atoms with Gasteiger partial charge in [-0.05, 0) is 145 Å². The molecule has 0 bridgehead atoms. The first kappa shape index (κ1) is 32.6. The Morgan fingerprint density at radius 1 is 0.293 bits per heavy atom. The van der Waals surface area contributed by atoms with E-state index in [4.69, 9.17) is 0 Å². The van der Waals surface area contributed by atoms with Crippen LogP contribution in [0.2, 0.25) is 0 Å². The minimum Gasteiger partial charge on any atom is -0.311 e. The van der Waals surface area contributed by atoms with Gasteiger partial charge in [-0.2, -0.15) is 0 Å². The second-order valence-corrected chi connectivity index (χ2v) is 15.4. The van der Waals surface area contributed by atoms with Gasteiger partial charge in [-0.1, -0.05) is 140 Å². The van der Waals surface area contributed by atoms with Crippen molar-refractivity contribution in [2.24, 2.45) is 0 Å². The Morgan fingerprint density at radius 2 is 0.879 bits per heavy atom. The number of hydrogen-bond acceptors (Lipinski definition) is 1. The number of nitrogens with zero attached hydrogens (tertiary/aromatic N) is 2. The Labute approximate surface area is 337 Å². The minimum absolute atomic E-state index is 1.11. The second-order valence-electron chi connectivity index (χ2n) is 15.4. The molecule has 0 N–H and O–H groups in total. The molecule has 0 fully saturated rings. The largest absolute Gasteiger partial charge is 0.311 e.